The van der Waals surface area contributed by atoms with Gasteiger partial charge in [-0.15, -0.1) is 18.3 Å². The standard InChI is InChI=1S/C30H31F3N6O3S/c1-18(2)25-12-11-24(41-4)16-26(25)36-29(43)37-28(40)34-14-13-20-5-6-21(15-19(20)3)27-35-17-39(38-27)22-7-9-23(10-8-22)42-30(31,32)33/h5-12,15-18H,13-14H2,1-4H3,(H3,34,36,37,40,43). The number of hydrogen-bond acceptors (Lipinski definition) is 6. The van der Waals surface area contributed by atoms with Crippen LogP contribution >= 0.6 is 12.2 Å². The number of aromatic nitrogens is 3. The number of hydrogen-bond donors (Lipinski definition) is 3. The van der Waals surface area contributed by atoms with E-state index >= 15 is 0 Å². The minimum absolute atomic E-state index is 0.172. The van der Waals surface area contributed by atoms with Gasteiger partial charge in [-0.05, 0) is 84.6 Å². The van der Waals surface area contributed by atoms with Crippen LogP contribution in [0.5, 0.6) is 11.5 Å². The number of rotatable bonds is 9. The second kappa shape index (κ2) is 13.6. The van der Waals surface area contributed by atoms with Crippen molar-refractivity contribution in [1.82, 2.24) is 25.4 Å². The number of aryl methyl sites for hydroxylation is 1. The molecule has 0 aliphatic carbocycles. The van der Waals surface area contributed by atoms with Gasteiger partial charge in [-0.1, -0.05) is 32.0 Å². The molecule has 1 aromatic heterocycles. The molecule has 4 aromatic rings. The molecule has 0 radical (unpaired) electrons. The molecular formula is C30H31F3N6O3S. The number of carbonyl (C=O) groups excluding carboxylic acids is 1. The molecule has 0 aliphatic rings. The third-order valence-corrected chi connectivity index (χ3v) is 6.67. The van der Waals surface area contributed by atoms with Crippen molar-refractivity contribution < 1.29 is 27.4 Å². The Bertz CT molecular complexity index is 1590. The molecule has 9 nitrogen and oxygen atoms in total. The maximum Gasteiger partial charge on any atom is 0.573 e. The highest BCUT2D eigenvalue weighted by Gasteiger charge is 2.31. The molecule has 0 saturated heterocycles. The van der Waals surface area contributed by atoms with E-state index in [9.17, 15) is 18.0 Å². The summed E-state index contributed by atoms with van der Waals surface area (Å²) in [4.78, 5) is 16.8. The van der Waals surface area contributed by atoms with Crippen LogP contribution in [0.1, 0.15) is 36.5 Å². The number of nitrogens with zero attached hydrogens (tertiary/aromatic N) is 3. The van der Waals surface area contributed by atoms with E-state index in [1.165, 1.54) is 35.3 Å². The van der Waals surface area contributed by atoms with Gasteiger partial charge in [-0.25, -0.2) is 14.5 Å². The normalized spacial score (nSPS) is 11.3. The molecule has 3 N–H and O–H groups in total. The predicted octanol–water partition coefficient (Wildman–Crippen LogP) is 6.51. The number of benzene rings is 3. The van der Waals surface area contributed by atoms with Crippen molar-refractivity contribution in [3.8, 4) is 28.6 Å². The van der Waals surface area contributed by atoms with E-state index in [0.717, 1.165) is 27.9 Å². The number of nitrogens with one attached hydrogen (secondary N) is 3. The van der Waals surface area contributed by atoms with E-state index in [4.69, 9.17) is 17.0 Å². The summed E-state index contributed by atoms with van der Waals surface area (Å²) in [5.74, 6) is 1.06. The van der Waals surface area contributed by atoms with Crippen LogP contribution in [-0.2, 0) is 6.42 Å². The number of anilines is 1. The van der Waals surface area contributed by atoms with E-state index in [2.05, 4.69) is 44.6 Å². The van der Waals surface area contributed by atoms with Gasteiger partial charge in [0.1, 0.15) is 17.8 Å². The number of thiocarbonyl (C=S) groups is 1. The second-order valence-electron chi connectivity index (χ2n) is 9.89. The van der Waals surface area contributed by atoms with Gasteiger partial charge < -0.3 is 20.1 Å². The zero-order chi connectivity index (χ0) is 31.1. The largest absolute Gasteiger partial charge is 0.573 e. The van der Waals surface area contributed by atoms with Gasteiger partial charge in [-0.3, -0.25) is 5.32 Å². The molecule has 226 valence electrons. The van der Waals surface area contributed by atoms with E-state index in [0.29, 0.717) is 30.2 Å². The third kappa shape index (κ3) is 8.67. The fraction of sp³-hybridized carbons (Fsp3) is 0.267. The third-order valence-electron chi connectivity index (χ3n) is 6.47. The topological polar surface area (TPSA) is 102 Å². The maximum absolute atomic E-state index is 12.4. The summed E-state index contributed by atoms with van der Waals surface area (Å²) in [7, 11) is 1.59. The smallest absolute Gasteiger partial charge is 0.497 e. The molecule has 1 heterocycles. The first-order valence-electron chi connectivity index (χ1n) is 13.3. The Morgan fingerprint density at radius 2 is 1.77 bits per heavy atom. The van der Waals surface area contributed by atoms with Gasteiger partial charge in [-0.2, -0.15) is 0 Å². The molecule has 13 heteroatoms. The molecule has 43 heavy (non-hydrogen) atoms. The first-order valence-corrected chi connectivity index (χ1v) is 13.7. The molecule has 4 rings (SSSR count). The number of ether oxygens (including phenoxy) is 2. The number of carbonyl (C=O) groups is 1. The van der Waals surface area contributed by atoms with Gasteiger partial charge >= 0.3 is 12.4 Å². The summed E-state index contributed by atoms with van der Waals surface area (Å²) < 4.78 is 47.9. The predicted molar refractivity (Wildman–Crippen MR) is 162 cm³/mol. The zero-order valence-corrected chi connectivity index (χ0v) is 24.8. The Kier molecular flexibility index (Phi) is 9.86. The van der Waals surface area contributed by atoms with Crippen molar-refractivity contribution in [3.63, 3.8) is 0 Å². The van der Waals surface area contributed by atoms with Crippen molar-refractivity contribution in [1.29, 1.82) is 0 Å². The summed E-state index contributed by atoms with van der Waals surface area (Å²) in [5.41, 5.74) is 5.13. The van der Waals surface area contributed by atoms with Gasteiger partial charge in [0, 0.05) is 23.9 Å². The van der Waals surface area contributed by atoms with Crippen molar-refractivity contribution in [2.75, 3.05) is 19.0 Å². The van der Waals surface area contributed by atoms with Crippen molar-refractivity contribution >= 4 is 29.0 Å². The average Bonchev–Trinajstić information content (AvgIpc) is 3.43. The van der Waals surface area contributed by atoms with Crippen molar-refractivity contribution in [3.05, 3.63) is 83.7 Å². The number of urea groups is 1. The highest BCUT2D eigenvalue weighted by molar-refractivity contribution is 7.80. The lowest BCUT2D eigenvalue weighted by Gasteiger charge is -2.17. The monoisotopic (exact) mass is 612 g/mol. The Balaban J connectivity index is 1.29. The minimum Gasteiger partial charge on any atom is -0.497 e. The van der Waals surface area contributed by atoms with Gasteiger partial charge in [0.2, 0.25) is 0 Å². The molecule has 0 atom stereocenters. The highest BCUT2D eigenvalue weighted by atomic mass is 32.1. The lowest BCUT2D eigenvalue weighted by molar-refractivity contribution is -0.274. The summed E-state index contributed by atoms with van der Waals surface area (Å²) in [6, 6.07) is 16.4. The molecule has 2 amide bonds. The lowest BCUT2D eigenvalue weighted by atomic mass is 10.0. The van der Waals surface area contributed by atoms with Crippen LogP contribution in [0.15, 0.2) is 67.0 Å². The van der Waals surface area contributed by atoms with Crippen LogP contribution in [0.25, 0.3) is 17.1 Å². The molecule has 0 bridgehead atoms. The number of halogens is 3. The molecule has 0 spiro atoms. The zero-order valence-electron chi connectivity index (χ0n) is 24.0. The Hall–Kier alpha value is -4.65. The fourth-order valence-electron chi connectivity index (χ4n) is 4.32. The van der Waals surface area contributed by atoms with Gasteiger partial charge in [0.05, 0.1) is 12.8 Å². The van der Waals surface area contributed by atoms with Crippen molar-refractivity contribution in [2.45, 2.75) is 39.5 Å². The minimum atomic E-state index is -4.75. The molecule has 0 aliphatic heterocycles. The molecule has 0 unspecified atom stereocenters. The van der Waals surface area contributed by atoms with Gasteiger partial charge in [0.15, 0.2) is 10.9 Å². The Morgan fingerprint density at radius 1 is 1.05 bits per heavy atom. The first-order chi connectivity index (χ1) is 20.4. The highest BCUT2D eigenvalue weighted by Crippen LogP contribution is 2.28. The van der Waals surface area contributed by atoms with Crippen molar-refractivity contribution in [2.24, 2.45) is 0 Å². The van der Waals surface area contributed by atoms with Crippen LogP contribution in [0.4, 0.5) is 23.7 Å². The van der Waals surface area contributed by atoms with Crippen LogP contribution in [0.3, 0.4) is 0 Å². The number of methoxy groups -OCH3 is 1. The molecule has 3 aromatic carbocycles. The Labute approximate surface area is 252 Å². The van der Waals surface area contributed by atoms with E-state index < -0.39 is 12.4 Å². The maximum atomic E-state index is 12.4. The number of alkyl halides is 3. The summed E-state index contributed by atoms with van der Waals surface area (Å²) in [6.07, 6.45) is -2.69. The van der Waals surface area contributed by atoms with E-state index in [1.54, 1.807) is 7.11 Å². The molecule has 0 fully saturated rings. The van der Waals surface area contributed by atoms with Gasteiger partial charge in [0.25, 0.3) is 0 Å². The first kappa shape index (κ1) is 31.3. The summed E-state index contributed by atoms with van der Waals surface area (Å²) in [5, 5.41) is 13.2. The van der Waals surface area contributed by atoms with Crippen LogP contribution in [-0.4, -0.2) is 45.9 Å². The second-order valence-corrected chi connectivity index (χ2v) is 10.3. The Morgan fingerprint density at radius 3 is 2.42 bits per heavy atom. The summed E-state index contributed by atoms with van der Waals surface area (Å²) in [6.45, 7) is 6.47. The molecular weight excluding hydrogens is 581 g/mol. The SMILES string of the molecule is COc1ccc(C(C)C)c(NC(=S)NC(=O)NCCc2ccc(-c3ncn(-c4ccc(OC(F)(F)F)cc4)n3)cc2C)c1. The fourth-order valence-corrected chi connectivity index (χ4v) is 4.52. The van der Waals surface area contributed by atoms with E-state index in [-0.39, 0.29) is 16.8 Å². The number of amides is 2. The lowest BCUT2D eigenvalue weighted by Crippen LogP contribution is -2.42. The van der Waals surface area contributed by atoms with E-state index in [1.807, 2.05) is 43.3 Å². The average molecular weight is 613 g/mol. The van der Waals surface area contributed by atoms with Crippen LogP contribution in [0, 0.1) is 6.92 Å². The quantitative estimate of drug-likeness (QED) is 0.185. The molecule has 0 saturated carbocycles. The van der Waals surface area contributed by atoms with Crippen LogP contribution in [0.2, 0.25) is 0 Å². The summed E-state index contributed by atoms with van der Waals surface area (Å²) >= 11 is 5.34. The van der Waals surface area contributed by atoms with Crippen LogP contribution < -0.4 is 25.4 Å².